The summed E-state index contributed by atoms with van der Waals surface area (Å²) in [5.74, 6) is -2.65. The predicted octanol–water partition coefficient (Wildman–Crippen LogP) is 1.01. The SMILES string of the molecule is CCCCN1C(=O)NC(=O)C(c2cccccc2=O)C1=O. The van der Waals surface area contributed by atoms with Crippen molar-refractivity contribution >= 4 is 17.8 Å². The minimum atomic E-state index is -1.26. The fourth-order valence-corrected chi connectivity index (χ4v) is 2.20. The Bertz CT molecular complexity index is 642. The number of urea groups is 1. The van der Waals surface area contributed by atoms with Gasteiger partial charge in [-0.1, -0.05) is 37.6 Å². The smallest absolute Gasteiger partial charge is 0.290 e. The van der Waals surface area contributed by atoms with E-state index in [1.54, 1.807) is 12.1 Å². The van der Waals surface area contributed by atoms with Crippen molar-refractivity contribution in [3.05, 3.63) is 46.1 Å². The second kappa shape index (κ2) is 6.30. The molecule has 110 valence electrons. The van der Waals surface area contributed by atoms with Crippen molar-refractivity contribution in [3.8, 4) is 0 Å². The summed E-state index contributed by atoms with van der Waals surface area (Å²) in [6, 6.07) is 6.78. The summed E-state index contributed by atoms with van der Waals surface area (Å²) in [7, 11) is 0. The van der Waals surface area contributed by atoms with Gasteiger partial charge < -0.3 is 0 Å². The van der Waals surface area contributed by atoms with E-state index in [2.05, 4.69) is 5.32 Å². The van der Waals surface area contributed by atoms with E-state index in [-0.39, 0.29) is 12.1 Å². The topological polar surface area (TPSA) is 83.6 Å². The number of unbranched alkanes of at least 4 members (excludes halogenated alkanes) is 1. The van der Waals surface area contributed by atoms with Crippen LogP contribution in [0.2, 0.25) is 0 Å². The Kier molecular flexibility index (Phi) is 4.47. The fourth-order valence-electron chi connectivity index (χ4n) is 2.20. The van der Waals surface area contributed by atoms with Gasteiger partial charge in [-0.05, 0) is 12.5 Å². The molecule has 1 aliphatic heterocycles. The van der Waals surface area contributed by atoms with Gasteiger partial charge in [-0.3, -0.25) is 24.6 Å². The Balaban J connectivity index is 2.40. The van der Waals surface area contributed by atoms with Gasteiger partial charge in [0.15, 0.2) is 5.43 Å². The van der Waals surface area contributed by atoms with Gasteiger partial charge in [-0.15, -0.1) is 0 Å². The fraction of sp³-hybridized carbons (Fsp3) is 0.333. The summed E-state index contributed by atoms with van der Waals surface area (Å²) in [5, 5.41) is 2.14. The first-order valence-corrected chi connectivity index (χ1v) is 6.81. The second-order valence-corrected chi connectivity index (χ2v) is 4.80. The molecule has 4 amide bonds. The number of carbonyl (C=O) groups is 3. The molecule has 1 aliphatic rings. The standard InChI is InChI=1S/C15H16N2O4/c1-2-3-9-17-14(20)12(13(19)16-15(17)21)10-7-5-4-6-8-11(10)18/h4-8,12H,2-3,9H2,1H3,(H,16,19,21). The average molecular weight is 288 g/mol. The molecule has 1 saturated heterocycles. The van der Waals surface area contributed by atoms with E-state index in [9.17, 15) is 19.2 Å². The Morgan fingerprint density at radius 2 is 1.81 bits per heavy atom. The van der Waals surface area contributed by atoms with Crippen LogP contribution >= 0.6 is 0 Å². The van der Waals surface area contributed by atoms with Gasteiger partial charge >= 0.3 is 6.03 Å². The maximum Gasteiger partial charge on any atom is 0.330 e. The number of barbiturate groups is 1. The molecule has 1 aromatic carbocycles. The molecule has 1 unspecified atom stereocenters. The van der Waals surface area contributed by atoms with Crippen LogP contribution in [0.5, 0.6) is 0 Å². The van der Waals surface area contributed by atoms with E-state index in [4.69, 9.17) is 0 Å². The number of hydrogen-bond acceptors (Lipinski definition) is 4. The highest BCUT2D eigenvalue weighted by Gasteiger charge is 2.41. The van der Waals surface area contributed by atoms with E-state index in [0.717, 1.165) is 11.3 Å². The van der Waals surface area contributed by atoms with Crippen molar-refractivity contribution < 1.29 is 14.4 Å². The zero-order valence-electron chi connectivity index (χ0n) is 11.7. The molecular formula is C15H16N2O4. The highest BCUT2D eigenvalue weighted by Crippen LogP contribution is 2.20. The summed E-state index contributed by atoms with van der Waals surface area (Å²) < 4.78 is 0. The number of imide groups is 2. The molecule has 0 spiro atoms. The number of amides is 4. The third-order valence-corrected chi connectivity index (χ3v) is 3.33. The molecule has 1 N–H and O–H groups in total. The van der Waals surface area contributed by atoms with Crippen LogP contribution in [-0.4, -0.2) is 29.3 Å². The molecule has 1 atom stereocenters. The Labute approximate surface area is 121 Å². The van der Waals surface area contributed by atoms with Crippen LogP contribution in [0, 0.1) is 0 Å². The van der Waals surface area contributed by atoms with Gasteiger partial charge in [0.1, 0.15) is 5.92 Å². The van der Waals surface area contributed by atoms with Crippen LogP contribution in [0.3, 0.4) is 0 Å². The maximum absolute atomic E-state index is 12.4. The van der Waals surface area contributed by atoms with Gasteiger partial charge in [-0.2, -0.15) is 0 Å². The quantitative estimate of drug-likeness (QED) is 0.838. The van der Waals surface area contributed by atoms with Gasteiger partial charge in [0.2, 0.25) is 11.8 Å². The number of nitrogens with one attached hydrogen (secondary N) is 1. The minimum absolute atomic E-state index is 0.0801. The van der Waals surface area contributed by atoms with Gasteiger partial charge in [-0.25, -0.2) is 4.79 Å². The minimum Gasteiger partial charge on any atom is -0.290 e. The summed E-state index contributed by atoms with van der Waals surface area (Å²) >= 11 is 0. The number of hydrogen-bond donors (Lipinski definition) is 1. The Morgan fingerprint density at radius 1 is 1.10 bits per heavy atom. The first-order chi connectivity index (χ1) is 10.1. The molecule has 0 bridgehead atoms. The number of rotatable bonds is 4. The predicted molar refractivity (Wildman–Crippen MR) is 75.6 cm³/mol. The molecule has 21 heavy (non-hydrogen) atoms. The van der Waals surface area contributed by atoms with Gasteiger partial charge in [0.25, 0.3) is 0 Å². The first kappa shape index (κ1) is 14.9. The molecule has 6 heteroatoms. The van der Waals surface area contributed by atoms with Crippen molar-refractivity contribution in [1.29, 1.82) is 0 Å². The third kappa shape index (κ3) is 2.99. The van der Waals surface area contributed by atoms with E-state index >= 15 is 0 Å². The third-order valence-electron chi connectivity index (χ3n) is 3.33. The molecule has 0 radical (unpaired) electrons. The average Bonchev–Trinajstić information content (AvgIpc) is 2.64. The normalized spacial score (nSPS) is 18.6. The van der Waals surface area contributed by atoms with Crippen LogP contribution in [0.4, 0.5) is 4.79 Å². The summed E-state index contributed by atoms with van der Waals surface area (Å²) in [6.45, 7) is 2.17. The van der Waals surface area contributed by atoms with E-state index in [1.165, 1.54) is 18.2 Å². The largest absolute Gasteiger partial charge is 0.330 e. The molecule has 1 aromatic rings. The van der Waals surface area contributed by atoms with Gasteiger partial charge in [0.05, 0.1) is 0 Å². The van der Waals surface area contributed by atoms with Crippen LogP contribution in [-0.2, 0) is 9.59 Å². The van der Waals surface area contributed by atoms with Crippen molar-refractivity contribution in [3.63, 3.8) is 0 Å². The molecule has 0 aromatic heterocycles. The monoisotopic (exact) mass is 288 g/mol. The van der Waals surface area contributed by atoms with Crippen molar-refractivity contribution in [2.45, 2.75) is 25.7 Å². The zero-order valence-corrected chi connectivity index (χ0v) is 11.7. The van der Waals surface area contributed by atoms with Crippen LogP contribution in [0.15, 0.2) is 35.1 Å². The molecule has 1 fully saturated rings. The molecule has 2 rings (SSSR count). The van der Waals surface area contributed by atoms with E-state index in [0.29, 0.717) is 6.42 Å². The summed E-state index contributed by atoms with van der Waals surface area (Å²) in [5.41, 5.74) is -0.324. The zero-order chi connectivity index (χ0) is 15.4. The Hall–Kier alpha value is -2.50. The highest BCUT2D eigenvalue weighted by atomic mass is 16.2. The van der Waals surface area contributed by atoms with Crippen LogP contribution in [0.25, 0.3) is 0 Å². The van der Waals surface area contributed by atoms with Gasteiger partial charge in [0, 0.05) is 12.1 Å². The molecule has 6 nitrogen and oxygen atoms in total. The lowest BCUT2D eigenvalue weighted by Crippen LogP contribution is -2.57. The molecule has 1 heterocycles. The van der Waals surface area contributed by atoms with Crippen molar-refractivity contribution in [1.82, 2.24) is 10.2 Å². The second-order valence-electron chi connectivity index (χ2n) is 4.80. The lowest BCUT2D eigenvalue weighted by Gasteiger charge is -2.29. The van der Waals surface area contributed by atoms with Crippen molar-refractivity contribution in [2.24, 2.45) is 0 Å². The van der Waals surface area contributed by atoms with Crippen LogP contribution < -0.4 is 10.7 Å². The Morgan fingerprint density at radius 3 is 2.52 bits per heavy atom. The van der Waals surface area contributed by atoms with E-state index in [1.807, 2.05) is 6.92 Å². The van der Waals surface area contributed by atoms with Crippen molar-refractivity contribution in [2.75, 3.05) is 6.54 Å². The van der Waals surface area contributed by atoms with E-state index < -0.39 is 29.2 Å². The highest BCUT2D eigenvalue weighted by molar-refractivity contribution is 6.19. The summed E-state index contributed by atoms with van der Waals surface area (Å²) in [4.78, 5) is 49.1. The molecule has 0 saturated carbocycles. The number of nitrogens with zero attached hydrogens (tertiary/aromatic N) is 1. The maximum atomic E-state index is 12.4. The lowest BCUT2D eigenvalue weighted by molar-refractivity contribution is -0.138. The molecule has 0 aliphatic carbocycles. The molecular weight excluding hydrogens is 272 g/mol. The van der Waals surface area contributed by atoms with Crippen LogP contribution in [0.1, 0.15) is 31.2 Å². The summed E-state index contributed by atoms with van der Waals surface area (Å²) in [6.07, 6.45) is 1.45. The first-order valence-electron chi connectivity index (χ1n) is 6.81. The lowest BCUT2D eigenvalue weighted by atomic mass is 9.96. The number of carbonyl (C=O) groups excluding carboxylic acids is 3.